The van der Waals surface area contributed by atoms with E-state index in [1.165, 1.54) is 0 Å². The van der Waals surface area contributed by atoms with E-state index in [1.54, 1.807) is 13.8 Å². The summed E-state index contributed by atoms with van der Waals surface area (Å²) in [6, 6.07) is 8.41. The van der Waals surface area contributed by atoms with E-state index >= 15 is 0 Å². The summed E-state index contributed by atoms with van der Waals surface area (Å²) < 4.78 is 22.8. The molecule has 0 heterocycles. The fraction of sp³-hybridized carbons (Fsp3) is 0.467. The highest BCUT2D eigenvalue weighted by Gasteiger charge is 2.30. The van der Waals surface area contributed by atoms with Gasteiger partial charge in [0.25, 0.3) is 0 Å². The zero-order valence-corrected chi connectivity index (χ0v) is 14.9. The lowest BCUT2D eigenvalue weighted by atomic mass is 10.1. The molecule has 8 heteroatoms. The van der Waals surface area contributed by atoms with E-state index in [1.807, 2.05) is 30.3 Å². The molecule has 0 saturated carbocycles. The number of nitrogens with one attached hydrogen (secondary N) is 1. The summed E-state index contributed by atoms with van der Waals surface area (Å²) in [5.41, 5.74) is 0.885. The van der Waals surface area contributed by atoms with E-state index in [-0.39, 0.29) is 24.4 Å². The number of rotatable bonds is 11. The summed E-state index contributed by atoms with van der Waals surface area (Å²) in [7, 11) is -3.50. The lowest BCUT2D eigenvalue weighted by molar-refractivity contribution is -0.139. The highest BCUT2D eigenvalue weighted by atomic mass is 32.1. The molecule has 6 nitrogen and oxygen atoms in total. The molecule has 1 aromatic rings. The lowest BCUT2D eigenvalue weighted by Crippen LogP contribution is -2.41. The fourth-order valence-corrected chi connectivity index (χ4v) is 3.65. The van der Waals surface area contributed by atoms with Gasteiger partial charge in [-0.2, -0.15) is 0 Å². The number of hydrogen-bond donors (Lipinski definition) is 2. The average molecular weight is 359 g/mol. The minimum atomic E-state index is -3.50. The molecule has 0 aliphatic heterocycles. The van der Waals surface area contributed by atoms with Gasteiger partial charge in [0.2, 0.25) is 0 Å². The first-order chi connectivity index (χ1) is 10.9. The molecule has 1 aromatic carbocycles. The van der Waals surface area contributed by atoms with E-state index < -0.39 is 19.6 Å². The number of carboxylic acid groups (broad SMARTS) is 1. The summed E-state index contributed by atoms with van der Waals surface area (Å²) >= 11 is 5.12. The van der Waals surface area contributed by atoms with E-state index in [2.05, 4.69) is 5.32 Å². The van der Waals surface area contributed by atoms with Crippen LogP contribution in [0.3, 0.4) is 0 Å². The number of aliphatic carboxylic acids is 1. The van der Waals surface area contributed by atoms with Crippen molar-refractivity contribution in [3.8, 4) is 0 Å². The van der Waals surface area contributed by atoms with Crippen LogP contribution in [-0.4, -0.2) is 41.5 Å². The van der Waals surface area contributed by atoms with Crippen molar-refractivity contribution in [2.24, 2.45) is 0 Å². The molecular weight excluding hydrogens is 337 g/mol. The third kappa shape index (κ3) is 6.49. The number of hydrogen-bond acceptors (Lipinski definition) is 6. The molecule has 0 bridgehead atoms. The molecule has 0 spiro atoms. The van der Waals surface area contributed by atoms with Crippen LogP contribution in [0.25, 0.3) is 0 Å². The van der Waals surface area contributed by atoms with Crippen LogP contribution < -0.4 is 5.32 Å². The maximum absolute atomic E-state index is 12.5. The van der Waals surface area contributed by atoms with Crippen LogP contribution in [0.15, 0.2) is 30.3 Å². The molecule has 2 N–H and O–H groups in total. The SMILES string of the molecule is CCOP(=O)(OCC)C(=S)CN[C@H](Cc1ccccc1)C(=O)O. The summed E-state index contributed by atoms with van der Waals surface area (Å²) in [5.74, 6) is -1.00. The van der Waals surface area contributed by atoms with Crippen LogP contribution in [-0.2, 0) is 24.8 Å². The van der Waals surface area contributed by atoms with Crippen LogP contribution >= 0.6 is 19.8 Å². The van der Waals surface area contributed by atoms with Gasteiger partial charge in [0.1, 0.15) is 10.6 Å². The van der Waals surface area contributed by atoms with Crippen molar-refractivity contribution in [3.63, 3.8) is 0 Å². The highest BCUT2D eigenvalue weighted by Crippen LogP contribution is 2.49. The molecule has 0 fully saturated rings. The molecule has 0 radical (unpaired) electrons. The van der Waals surface area contributed by atoms with Crippen molar-refractivity contribution in [1.29, 1.82) is 0 Å². The van der Waals surface area contributed by atoms with Gasteiger partial charge in [0.05, 0.1) is 13.2 Å². The van der Waals surface area contributed by atoms with Crippen molar-refractivity contribution in [1.82, 2.24) is 5.32 Å². The Morgan fingerprint density at radius 1 is 1.26 bits per heavy atom. The predicted molar refractivity (Wildman–Crippen MR) is 93.0 cm³/mol. The molecule has 0 aliphatic carbocycles. The minimum Gasteiger partial charge on any atom is -0.480 e. The van der Waals surface area contributed by atoms with Gasteiger partial charge in [-0.25, -0.2) is 0 Å². The molecule has 0 aromatic heterocycles. The maximum atomic E-state index is 12.5. The minimum absolute atomic E-state index is 0.0313. The number of carboxylic acids is 1. The molecule has 0 unspecified atom stereocenters. The largest absolute Gasteiger partial charge is 0.480 e. The molecule has 0 aliphatic rings. The zero-order valence-electron chi connectivity index (χ0n) is 13.2. The standard InChI is InChI=1S/C15H22NO5PS/c1-3-20-22(19,21-4-2)14(23)11-16-13(15(17)18)10-12-8-6-5-7-9-12/h5-9,13,16H,3-4,10-11H2,1-2H3,(H,17,18)/t13-/m1/s1. The van der Waals surface area contributed by atoms with Crippen molar-refractivity contribution >= 4 is 30.4 Å². The third-order valence-corrected chi connectivity index (χ3v) is 5.76. The molecule has 0 saturated heterocycles. The van der Waals surface area contributed by atoms with Gasteiger partial charge in [0.15, 0.2) is 0 Å². The van der Waals surface area contributed by atoms with Gasteiger partial charge in [-0.05, 0) is 25.8 Å². The Labute approximate surface area is 141 Å². The molecule has 1 atom stereocenters. The van der Waals surface area contributed by atoms with Crippen LogP contribution in [0.1, 0.15) is 19.4 Å². The van der Waals surface area contributed by atoms with E-state index in [9.17, 15) is 14.5 Å². The Balaban J connectivity index is 2.69. The normalized spacial score (nSPS) is 12.8. The molecule has 1 rings (SSSR count). The second kappa shape index (κ2) is 9.90. The summed E-state index contributed by atoms with van der Waals surface area (Å²) in [6.07, 6.45) is 0.298. The Bertz CT molecular complexity index is 556. The Kier molecular flexibility index (Phi) is 8.58. The lowest BCUT2D eigenvalue weighted by Gasteiger charge is -2.20. The van der Waals surface area contributed by atoms with Gasteiger partial charge in [-0.1, -0.05) is 42.5 Å². The Morgan fingerprint density at radius 2 is 1.83 bits per heavy atom. The maximum Gasteiger partial charge on any atom is 0.369 e. The number of thiocarbonyl (C=S) groups is 1. The van der Waals surface area contributed by atoms with Gasteiger partial charge >= 0.3 is 13.6 Å². The third-order valence-electron chi connectivity index (χ3n) is 2.98. The van der Waals surface area contributed by atoms with Crippen molar-refractivity contribution in [2.75, 3.05) is 19.8 Å². The topological polar surface area (TPSA) is 84.9 Å². The first-order valence-corrected chi connectivity index (χ1v) is 9.30. The zero-order chi connectivity index (χ0) is 17.3. The second-order valence-electron chi connectivity index (χ2n) is 4.69. The first-order valence-electron chi connectivity index (χ1n) is 7.35. The molecule has 23 heavy (non-hydrogen) atoms. The van der Waals surface area contributed by atoms with Crippen LogP contribution in [0.5, 0.6) is 0 Å². The van der Waals surface area contributed by atoms with Crippen LogP contribution in [0, 0.1) is 0 Å². The summed E-state index contributed by atoms with van der Waals surface area (Å²) in [6.45, 7) is 3.75. The van der Waals surface area contributed by atoms with Gasteiger partial charge in [-0.3, -0.25) is 14.7 Å². The predicted octanol–water partition coefficient (Wildman–Crippen LogP) is 2.87. The molecule has 128 valence electrons. The summed E-state index contributed by atoms with van der Waals surface area (Å²) in [4.78, 5) is 11.4. The number of benzene rings is 1. The Morgan fingerprint density at radius 3 is 2.30 bits per heavy atom. The van der Waals surface area contributed by atoms with Gasteiger partial charge in [-0.15, -0.1) is 0 Å². The molecule has 0 amide bonds. The van der Waals surface area contributed by atoms with E-state index in [0.717, 1.165) is 5.56 Å². The van der Waals surface area contributed by atoms with Crippen LogP contribution in [0.4, 0.5) is 0 Å². The van der Waals surface area contributed by atoms with Crippen molar-refractivity contribution < 1.29 is 23.5 Å². The van der Waals surface area contributed by atoms with Crippen LogP contribution in [0.2, 0.25) is 0 Å². The quantitative estimate of drug-likeness (QED) is 0.464. The van der Waals surface area contributed by atoms with Gasteiger partial charge in [0, 0.05) is 6.54 Å². The van der Waals surface area contributed by atoms with E-state index in [4.69, 9.17) is 21.3 Å². The second-order valence-corrected chi connectivity index (χ2v) is 7.53. The van der Waals surface area contributed by atoms with Crippen molar-refractivity contribution in [2.45, 2.75) is 26.3 Å². The average Bonchev–Trinajstić information content (AvgIpc) is 2.52. The summed E-state index contributed by atoms with van der Waals surface area (Å²) in [5, 5.41) is 12.1. The number of carbonyl (C=O) groups is 1. The first kappa shape index (κ1) is 19.9. The highest BCUT2D eigenvalue weighted by molar-refractivity contribution is 7.97. The smallest absolute Gasteiger partial charge is 0.369 e. The fourth-order valence-electron chi connectivity index (χ4n) is 1.93. The Hall–Kier alpha value is -1.11. The molecular formula is C15H22NO5PS. The monoisotopic (exact) mass is 359 g/mol. The van der Waals surface area contributed by atoms with E-state index in [0.29, 0.717) is 6.42 Å². The van der Waals surface area contributed by atoms with Gasteiger partial charge < -0.3 is 14.2 Å². The van der Waals surface area contributed by atoms with Crippen molar-refractivity contribution in [3.05, 3.63) is 35.9 Å².